The van der Waals surface area contributed by atoms with Gasteiger partial charge in [0.1, 0.15) is 11.3 Å². The average Bonchev–Trinajstić information content (AvgIpc) is 2.60. The van der Waals surface area contributed by atoms with Gasteiger partial charge in [-0.1, -0.05) is 29.8 Å². The van der Waals surface area contributed by atoms with E-state index in [-0.39, 0.29) is 5.91 Å². The van der Waals surface area contributed by atoms with Gasteiger partial charge in [0.15, 0.2) is 5.75 Å². The lowest BCUT2D eigenvalue weighted by atomic mass is 10.1. The van der Waals surface area contributed by atoms with Gasteiger partial charge < -0.3 is 10.1 Å². The summed E-state index contributed by atoms with van der Waals surface area (Å²) in [6.07, 6.45) is 2.87. The highest BCUT2D eigenvalue weighted by atomic mass is 35.5. The Morgan fingerprint density at radius 3 is 2.75 bits per heavy atom. The number of nitrogens with one attached hydrogen (secondary N) is 1. The van der Waals surface area contributed by atoms with Crippen molar-refractivity contribution in [1.82, 2.24) is 4.98 Å². The molecule has 3 aromatic rings. The monoisotopic (exact) mass is 358 g/mol. The summed E-state index contributed by atoms with van der Waals surface area (Å²) >= 11 is 11.9. The SMILES string of the molecule is C=CC(=O)Nc1ccc(Oc2ccc(Cl)c(Cl)c2)c2ncccc12. The van der Waals surface area contributed by atoms with E-state index in [4.69, 9.17) is 27.9 Å². The summed E-state index contributed by atoms with van der Waals surface area (Å²) in [5.74, 6) is 0.790. The highest BCUT2D eigenvalue weighted by molar-refractivity contribution is 6.42. The second-order valence-corrected chi connectivity index (χ2v) is 5.70. The van der Waals surface area contributed by atoms with Crippen LogP contribution in [-0.4, -0.2) is 10.9 Å². The van der Waals surface area contributed by atoms with Crippen molar-refractivity contribution in [3.8, 4) is 11.5 Å². The molecule has 120 valence electrons. The lowest BCUT2D eigenvalue weighted by molar-refractivity contribution is -0.111. The zero-order valence-corrected chi connectivity index (χ0v) is 13.9. The normalized spacial score (nSPS) is 10.4. The first kappa shape index (κ1) is 16.3. The van der Waals surface area contributed by atoms with Gasteiger partial charge in [0.05, 0.1) is 15.7 Å². The minimum Gasteiger partial charge on any atom is -0.455 e. The Hall–Kier alpha value is -2.56. The number of anilines is 1. The van der Waals surface area contributed by atoms with Crippen molar-refractivity contribution in [2.75, 3.05) is 5.32 Å². The molecule has 0 bridgehead atoms. The van der Waals surface area contributed by atoms with Crippen LogP contribution < -0.4 is 10.1 Å². The molecule has 1 aromatic heterocycles. The molecule has 1 amide bonds. The largest absolute Gasteiger partial charge is 0.455 e. The zero-order chi connectivity index (χ0) is 17.1. The van der Waals surface area contributed by atoms with Gasteiger partial charge in [0.25, 0.3) is 0 Å². The molecule has 0 aliphatic heterocycles. The van der Waals surface area contributed by atoms with Crippen LogP contribution in [0, 0.1) is 0 Å². The van der Waals surface area contributed by atoms with E-state index >= 15 is 0 Å². The fraction of sp³-hybridized carbons (Fsp3) is 0. The molecule has 1 N–H and O–H groups in total. The summed E-state index contributed by atoms with van der Waals surface area (Å²) in [4.78, 5) is 15.9. The molecule has 3 rings (SSSR count). The van der Waals surface area contributed by atoms with Crippen LogP contribution in [0.3, 0.4) is 0 Å². The first-order valence-corrected chi connectivity index (χ1v) is 7.78. The molecular weight excluding hydrogens is 347 g/mol. The summed E-state index contributed by atoms with van der Waals surface area (Å²) < 4.78 is 5.88. The van der Waals surface area contributed by atoms with E-state index < -0.39 is 0 Å². The quantitative estimate of drug-likeness (QED) is 0.630. The Labute approximate surface area is 148 Å². The molecule has 0 spiro atoms. The number of amides is 1. The van der Waals surface area contributed by atoms with E-state index in [9.17, 15) is 4.79 Å². The molecular formula is C18H12Cl2N2O2. The van der Waals surface area contributed by atoms with Crippen LogP contribution >= 0.6 is 23.2 Å². The van der Waals surface area contributed by atoms with E-state index in [1.165, 1.54) is 6.08 Å². The molecule has 6 heteroatoms. The van der Waals surface area contributed by atoms with E-state index in [1.54, 1.807) is 42.6 Å². The Balaban J connectivity index is 2.03. The number of aromatic nitrogens is 1. The number of ether oxygens (including phenoxy) is 1. The van der Waals surface area contributed by atoms with Crippen molar-refractivity contribution in [3.63, 3.8) is 0 Å². The summed E-state index contributed by atoms with van der Waals surface area (Å²) in [6.45, 7) is 3.45. The van der Waals surface area contributed by atoms with Crippen LogP contribution in [0.5, 0.6) is 11.5 Å². The Kier molecular flexibility index (Phi) is 4.69. The number of rotatable bonds is 4. The van der Waals surface area contributed by atoms with Crippen LogP contribution in [0.1, 0.15) is 0 Å². The number of hydrogen-bond acceptors (Lipinski definition) is 3. The minimum atomic E-state index is -0.293. The topological polar surface area (TPSA) is 51.2 Å². The summed E-state index contributed by atoms with van der Waals surface area (Å²) in [7, 11) is 0. The minimum absolute atomic E-state index is 0.293. The van der Waals surface area contributed by atoms with Crippen LogP contribution in [0.15, 0.2) is 61.3 Å². The van der Waals surface area contributed by atoms with E-state index in [0.717, 1.165) is 5.39 Å². The molecule has 0 aliphatic rings. The second-order valence-electron chi connectivity index (χ2n) is 4.88. The maximum Gasteiger partial charge on any atom is 0.247 e. The highest BCUT2D eigenvalue weighted by Gasteiger charge is 2.11. The number of fused-ring (bicyclic) bond motifs is 1. The first-order chi connectivity index (χ1) is 11.6. The van der Waals surface area contributed by atoms with Crippen LogP contribution in [0.4, 0.5) is 5.69 Å². The second kappa shape index (κ2) is 6.91. The van der Waals surface area contributed by atoms with Crippen molar-refractivity contribution >= 4 is 45.7 Å². The lowest BCUT2D eigenvalue weighted by Crippen LogP contribution is -2.07. The van der Waals surface area contributed by atoms with Crippen LogP contribution in [-0.2, 0) is 4.79 Å². The van der Waals surface area contributed by atoms with Gasteiger partial charge in [-0.15, -0.1) is 0 Å². The molecule has 0 saturated carbocycles. The molecule has 2 aromatic carbocycles. The third kappa shape index (κ3) is 3.35. The van der Waals surface area contributed by atoms with Gasteiger partial charge in [0.2, 0.25) is 5.91 Å². The smallest absolute Gasteiger partial charge is 0.247 e. The third-order valence-electron chi connectivity index (χ3n) is 3.29. The molecule has 0 aliphatic carbocycles. The van der Waals surface area contributed by atoms with E-state index in [2.05, 4.69) is 16.9 Å². The van der Waals surface area contributed by atoms with Crippen molar-refractivity contribution in [2.24, 2.45) is 0 Å². The van der Waals surface area contributed by atoms with Crippen molar-refractivity contribution < 1.29 is 9.53 Å². The molecule has 0 radical (unpaired) electrons. The van der Waals surface area contributed by atoms with Gasteiger partial charge in [0, 0.05) is 17.6 Å². The standard InChI is InChI=1S/C18H12Cl2N2O2/c1-2-17(23)22-15-7-8-16(18-12(15)4-3-9-21-18)24-11-5-6-13(19)14(20)10-11/h2-10H,1H2,(H,22,23). The first-order valence-electron chi connectivity index (χ1n) is 7.02. The third-order valence-corrected chi connectivity index (χ3v) is 4.03. The van der Waals surface area contributed by atoms with E-state index in [1.807, 2.05) is 6.07 Å². The highest BCUT2D eigenvalue weighted by Crippen LogP contribution is 2.35. The molecule has 0 saturated heterocycles. The fourth-order valence-corrected chi connectivity index (χ4v) is 2.48. The number of benzene rings is 2. The number of pyridine rings is 1. The average molecular weight is 359 g/mol. The lowest BCUT2D eigenvalue weighted by Gasteiger charge is -2.12. The maximum absolute atomic E-state index is 11.6. The van der Waals surface area contributed by atoms with E-state index in [0.29, 0.717) is 32.7 Å². The van der Waals surface area contributed by atoms with Gasteiger partial charge in [-0.25, -0.2) is 0 Å². The molecule has 0 unspecified atom stereocenters. The molecule has 0 fully saturated rings. The van der Waals surface area contributed by atoms with Gasteiger partial charge in [-0.05, 0) is 42.5 Å². The van der Waals surface area contributed by atoms with Crippen LogP contribution in [0.25, 0.3) is 10.9 Å². The number of hydrogen-bond donors (Lipinski definition) is 1. The number of halogens is 2. The summed E-state index contributed by atoms with van der Waals surface area (Å²) in [5, 5.41) is 4.36. The van der Waals surface area contributed by atoms with Crippen LogP contribution in [0.2, 0.25) is 10.0 Å². The number of carbonyl (C=O) groups excluding carboxylic acids is 1. The molecule has 1 heterocycles. The van der Waals surface area contributed by atoms with Gasteiger partial charge in [-0.2, -0.15) is 0 Å². The summed E-state index contributed by atoms with van der Waals surface area (Å²) in [5.41, 5.74) is 1.25. The summed E-state index contributed by atoms with van der Waals surface area (Å²) in [6, 6.07) is 12.1. The molecule has 24 heavy (non-hydrogen) atoms. The zero-order valence-electron chi connectivity index (χ0n) is 12.4. The van der Waals surface area contributed by atoms with Crippen molar-refractivity contribution in [3.05, 3.63) is 71.4 Å². The Morgan fingerprint density at radius 2 is 2.00 bits per heavy atom. The predicted octanol–water partition coefficient (Wildman–Crippen LogP) is 5.46. The fourth-order valence-electron chi connectivity index (χ4n) is 2.19. The maximum atomic E-state index is 11.6. The van der Waals surface area contributed by atoms with Crippen molar-refractivity contribution in [2.45, 2.75) is 0 Å². The van der Waals surface area contributed by atoms with Gasteiger partial charge in [-0.3, -0.25) is 9.78 Å². The molecule has 0 atom stereocenters. The predicted molar refractivity (Wildman–Crippen MR) is 97.1 cm³/mol. The Bertz CT molecular complexity index is 941. The Morgan fingerprint density at radius 1 is 1.17 bits per heavy atom. The van der Waals surface area contributed by atoms with Crippen molar-refractivity contribution in [1.29, 1.82) is 0 Å². The number of carbonyl (C=O) groups is 1. The number of nitrogens with zero attached hydrogens (tertiary/aromatic N) is 1. The molecule has 4 nitrogen and oxygen atoms in total. The van der Waals surface area contributed by atoms with Gasteiger partial charge >= 0.3 is 0 Å².